The van der Waals surface area contributed by atoms with Crippen LogP contribution in [0.1, 0.15) is 31.5 Å². The van der Waals surface area contributed by atoms with Crippen LogP contribution in [-0.2, 0) is 6.54 Å². The summed E-state index contributed by atoms with van der Waals surface area (Å²) < 4.78 is 0. The number of aryl methyl sites for hydroxylation is 1. The molecule has 0 aliphatic carbocycles. The standard InChI is InChI=1S/C16H28N4/c1-12(2)17-10-14-8-13(3)18-16(9-14)20-7-6-15(11-20)19(4)5/h8-9,12,15,17H,6-7,10-11H2,1-5H3. The van der Waals surface area contributed by atoms with Crippen LogP contribution in [0.15, 0.2) is 12.1 Å². The summed E-state index contributed by atoms with van der Waals surface area (Å²) in [6.07, 6.45) is 1.22. The predicted octanol–water partition coefficient (Wildman–Crippen LogP) is 2.03. The molecule has 1 aliphatic heterocycles. The van der Waals surface area contributed by atoms with Gasteiger partial charge in [0, 0.05) is 37.4 Å². The molecule has 2 heterocycles. The van der Waals surface area contributed by atoms with Gasteiger partial charge in [-0.3, -0.25) is 0 Å². The van der Waals surface area contributed by atoms with Crippen LogP contribution in [0.2, 0.25) is 0 Å². The first kappa shape index (κ1) is 15.3. The number of pyridine rings is 1. The molecule has 1 N–H and O–H groups in total. The van der Waals surface area contributed by atoms with Crippen molar-refractivity contribution in [1.82, 2.24) is 15.2 Å². The summed E-state index contributed by atoms with van der Waals surface area (Å²) in [5.41, 5.74) is 2.44. The van der Waals surface area contributed by atoms with Crippen molar-refractivity contribution in [3.05, 3.63) is 23.4 Å². The van der Waals surface area contributed by atoms with Crippen LogP contribution in [-0.4, -0.2) is 49.2 Å². The number of aromatic nitrogens is 1. The average molecular weight is 276 g/mol. The number of hydrogen-bond donors (Lipinski definition) is 1. The van der Waals surface area contributed by atoms with Crippen molar-refractivity contribution >= 4 is 5.82 Å². The van der Waals surface area contributed by atoms with Crippen molar-refractivity contribution in [2.24, 2.45) is 0 Å². The topological polar surface area (TPSA) is 31.4 Å². The molecule has 0 saturated carbocycles. The Morgan fingerprint density at radius 3 is 2.75 bits per heavy atom. The zero-order chi connectivity index (χ0) is 14.7. The second-order valence-electron chi connectivity index (χ2n) is 6.36. The van der Waals surface area contributed by atoms with Gasteiger partial charge in [0.05, 0.1) is 0 Å². The molecule has 0 radical (unpaired) electrons. The van der Waals surface area contributed by atoms with E-state index in [9.17, 15) is 0 Å². The van der Waals surface area contributed by atoms with Crippen molar-refractivity contribution in [2.45, 2.75) is 45.8 Å². The lowest BCUT2D eigenvalue weighted by Crippen LogP contribution is -2.31. The summed E-state index contributed by atoms with van der Waals surface area (Å²) in [5, 5.41) is 3.48. The molecule has 112 valence electrons. The molecule has 1 fully saturated rings. The Hall–Kier alpha value is -1.13. The van der Waals surface area contributed by atoms with Crippen LogP contribution in [0.4, 0.5) is 5.82 Å². The van der Waals surface area contributed by atoms with Gasteiger partial charge in [0.15, 0.2) is 0 Å². The second-order valence-corrected chi connectivity index (χ2v) is 6.36. The fraction of sp³-hybridized carbons (Fsp3) is 0.688. The van der Waals surface area contributed by atoms with E-state index < -0.39 is 0 Å². The minimum Gasteiger partial charge on any atom is -0.355 e. The highest BCUT2D eigenvalue weighted by Gasteiger charge is 2.25. The smallest absolute Gasteiger partial charge is 0.129 e. The zero-order valence-corrected chi connectivity index (χ0v) is 13.5. The van der Waals surface area contributed by atoms with E-state index in [1.54, 1.807) is 0 Å². The highest BCUT2D eigenvalue weighted by molar-refractivity contribution is 5.44. The lowest BCUT2D eigenvalue weighted by atomic mass is 10.2. The van der Waals surface area contributed by atoms with Crippen molar-refractivity contribution in [1.29, 1.82) is 0 Å². The van der Waals surface area contributed by atoms with Gasteiger partial charge < -0.3 is 15.1 Å². The average Bonchev–Trinajstić information content (AvgIpc) is 2.85. The van der Waals surface area contributed by atoms with Crippen LogP contribution in [0.3, 0.4) is 0 Å². The third kappa shape index (κ3) is 3.93. The fourth-order valence-electron chi connectivity index (χ4n) is 2.68. The maximum Gasteiger partial charge on any atom is 0.129 e. The van der Waals surface area contributed by atoms with E-state index in [4.69, 9.17) is 4.98 Å². The monoisotopic (exact) mass is 276 g/mol. The molecule has 4 nitrogen and oxygen atoms in total. The van der Waals surface area contributed by atoms with Crippen molar-refractivity contribution in [3.8, 4) is 0 Å². The summed E-state index contributed by atoms with van der Waals surface area (Å²) >= 11 is 0. The first-order valence-electron chi connectivity index (χ1n) is 7.58. The Balaban J connectivity index is 2.08. The van der Waals surface area contributed by atoms with Gasteiger partial charge in [-0.05, 0) is 45.1 Å². The molecular weight excluding hydrogens is 248 g/mol. The van der Waals surface area contributed by atoms with E-state index >= 15 is 0 Å². The number of nitrogens with one attached hydrogen (secondary N) is 1. The molecule has 2 rings (SSSR count). The lowest BCUT2D eigenvalue weighted by molar-refractivity contribution is 0.315. The third-order valence-corrected chi connectivity index (χ3v) is 3.93. The Morgan fingerprint density at radius 2 is 2.15 bits per heavy atom. The first-order chi connectivity index (χ1) is 9.45. The summed E-state index contributed by atoms with van der Waals surface area (Å²) in [6.45, 7) is 9.55. The predicted molar refractivity (Wildman–Crippen MR) is 85.3 cm³/mol. The number of hydrogen-bond acceptors (Lipinski definition) is 4. The van der Waals surface area contributed by atoms with Crippen molar-refractivity contribution < 1.29 is 0 Å². The Bertz CT molecular complexity index is 442. The molecule has 20 heavy (non-hydrogen) atoms. The van der Waals surface area contributed by atoms with E-state index in [1.807, 2.05) is 0 Å². The van der Waals surface area contributed by atoms with Crippen LogP contribution < -0.4 is 10.2 Å². The third-order valence-electron chi connectivity index (χ3n) is 3.93. The van der Waals surface area contributed by atoms with E-state index in [0.717, 1.165) is 31.1 Å². The molecule has 1 saturated heterocycles. The van der Waals surface area contributed by atoms with Gasteiger partial charge >= 0.3 is 0 Å². The minimum absolute atomic E-state index is 0.511. The van der Waals surface area contributed by atoms with Gasteiger partial charge in [-0.25, -0.2) is 4.98 Å². The molecule has 4 heteroatoms. The normalized spacial score (nSPS) is 19.4. The second kappa shape index (κ2) is 6.55. The van der Waals surface area contributed by atoms with Gasteiger partial charge in [-0.2, -0.15) is 0 Å². The van der Waals surface area contributed by atoms with E-state index in [-0.39, 0.29) is 0 Å². The van der Waals surface area contributed by atoms with Gasteiger partial charge in [-0.15, -0.1) is 0 Å². The van der Waals surface area contributed by atoms with Crippen molar-refractivity contribution in [2.75, 3.05) is 32.1 Å². The minimum atomic E-state index is 0.511. The quantitative estimate of drug-likeness (QED) is 0.891. The highest BCUT2D eigenvalue weighted by Crippen LogP contribution is 2.22. The Labute approximate surface area is 123 Å². The largest absolute Gasteiger partial charge is 0.355 e. The molecule has 0 aromatic carbocycles. The molecular formula is C16H28N4. The maximum atomic E-state index is 4.72. The number of anilines is 1. The Kier molecular flexibility index (Phi) is 5.00. The summed E-state index contributed by atoms with van der Waals surface area (Å²) in [5.74, 6) is 1.13. The number of rotatable bonds is 5. The SMILES string of the molecule is Cc1cc(CNC(C)C)cc(N2CCC(N(C)C)C2)n1. The van der Waals surface area contributed by atoms with Gasteiger partial charge in [-0.1, -0.05) is 13.8 Å². The van der Waals surface area contributed by atoms with E-state index in [2.05, 4.69) is 62.1 Å². The lowest BCUT2D eigenvalue weighted by Gasteiger charge is -2.22. The molecule has 1 atom stereocenters. The maximum absolute atomic E-state index is 4.72. The summed E-state index contributed by atoms with van der Waals surface area (Å²) in [7, 11) is 4.33. The zero-order valence-electron chi connectivity index (χ0n) is 13.5. The van der Waals surface area contributed by atoms with Crippen LogP contribution >= 0.6 is 0 Å². The highest BCUT2D eigenvalue weighted by atomic mass is 15.3. The van der Waals surface area contributed by atoms with Gasteiger partial charge in [0.2, 0.25) is 0 Å². The van der Waals surface area contributed by atoms with E-state index in [0.29, 0.717) is 12.1 Å². The Morgan fingerprint density at radius 1 is 1.40 bits per heavy atom. The molecule has 0 spiro atoms. The molecule has 1 unspecified atom stereocenters. The van der Waals surface area contributed by atoms with Gasteiger partial charge in [0.1, 0.15) is 5.82 Å². The molecule has 0 bridgehead atoms. The van der Waals surface area contributed by atoms with Crippen molar-refractivity contribution in [3.63, 3.8) is 0 Å². The summed E-state index contributed by atoms with van der Waals surface area (Å²) in [6, 6.07) is 5.57. The summed E-state index contributed by atoms with van der Waals surface area (Å²) in [4.78, 5) is 9.45. The van der Waals surface area contributed by atoms with Crippen LogP contribution in [0, 0.1) is 6.92 Å². The van der Waals surface area contributed by atoms with Crippen LogP contribution in [0.25, 0.3) is 0 Å². The molecule has 1 aliphatic rings. The fourth-order valence-corrected chi connectivity index (χ4v) is 2.68. The molecule has 1 aromatic heterocycles. The van der Waals surface area contributed by atoms with E-state index in [1.165, 1.54) is 12.0 Å². The van der Waals surface area contributed by atoms with Crippen LogP contribution in [0.5, 0.6) is 0 Å². The first-order valence-corrected chi connectivity index (χ1v) is 7.58. The molecule has 1 aromatic rings. The number of nitrogens with zero attached hydrogens (tertiary/aromatic N) is 3. The van der Waals surface area contributed by atoms with Gasteiger partial charge in [0.25, 0.3) is 0 Å². The molecule has 0 amide bonds. The number of likely N-dealkylation sites (N-methyl/N-ethyl adjacent to an activating group) is 1.